The second kappa shape index (κ2) is 5.48. The quantitative estimate of drug-likeness (QED) is 0.899. The maximum atomic E-state index is 12.2. The molecule has 0 aliphatic carbocycles. The molecule has 1 unspecified atom stereocenters. The Bertz CT molecular complexity index is 727. The van der Waals surface area contributed by atoms with Crippen molar-refractivity contribution in [1.82, 2.24) is 4.72 Å². The number of hydrogen-bond donors (Lipinski definition) is 1. The number of benzene rings is 1. The molecular formula is C13H12BrNO3S2. The van der Waals surface area contributed by atoms with E-state index in [2.05, 4.69) is 20.7 Å². The average molecular weight is 374 g/mol. The smallest absolute Gasteiger partial charge is 0.250 e. The Labute approximate surface area is 130 Å². The third-order valence-electron chi connectivity index (χ3n) is 3.01. The molecular weight excluding hydrogens is 362 g/mol. The standard InChI is InChI=1S/C13H12BrNO3S2/c14-12-5-6-13(19-12)20(16,17)15-10-7-9-3-1-2-4-11(9)18-8-10/h1-6,10,15H,7-8H2. The normalized spacial score (nSPS) is 18.4. The molecule has 1 aromatic heterocycles. The SMILES string of the molecule is O=S(=O)(NC1COc2ccccc2C1)c1ccc(Br)s1. The molecule has 0 saturated carbocycles. The van der Waals surface area contributed by atoms with E-state index in [1.807, 2.05) is 24.3 Å². The molecule has 3 rings (SSSR count). The molecule has 0 radical (unpaired) electrons. The molecule has 20 heavy (non-hydrogen) atoms. The Morgan fingerprint density at radius 3 is 2.80 bits per heavy atom. The van der Waals surface area contributed by atoms with Crippen molar-refractivity contribution in [3.63, 3.8) is 0 Å². The number of para-hydroxylation sites is 1. The van der Waals surface area contributed by atoms with Crippen LogP contribution >= 0.6 is 27.3 Å². The van der Waals surface area contributed by atoms with E-state index >= 15 is 0 Å². The van der Waals surface area contributed by atoms with Crippen LogP contribution in [0.3, 0.4) is 0 Å². The molecule has 2 aromatic rings. The van der Waals surface area contributed by atoms with E-state index in [0.717, 1.165) is 15.1 Å². The van der Waals surface area contributed by atoms with Crippen LogP contribution in [0.1, 0.15) is 5.56 Å². The van der Waals surface area contributed by atoms with Crippen molar-refractivity contribution in [3.8, 4) is 5.75 Å². The van der Waals surface area contributed by atoms with Crippen LogP contribution in [0.2, 0.25) is 0 Å². The molecule has 1 aliphatic heterocycles. The number of rotatable bonds is 3. The molecule has 4 nitrogen and oxygen atoms in total. The fraction of sp³-hybridized carbons (Fsp3) is 0.231. The third kappa shape index (κ3) is 2.90. The number of halogens is 1. The lowest BCUT2D eigenvalue weighted by atomic mass is 10.0. The van der Waals surface area contributed by atoms with Gasteiger partial charge in [-0.05, 0) is 46.1 Å². The minimum absolute atomic E-state index is 0.240. The van der Waals surface area contributed by atoms with Crippen LogP contribution in [0.15, 0.2) is 44.4 Å². The first-order valence-electron chi connectivity index (χ1n) is 6.03. The highest BCUT2D eigenvalue weighted by molar-refractivity contribution is 9.11. The summed E-state index contributed by atoms with van der Waals surface area (Å²) >= 11 is 4.47. The monoisotopic (exact) mass is 373 g/mol. The predicted octanol–water partition coefficient (Wildman–Crippen LogP) is 2.79. The van der Waals surface area contributed by atoms with E-state index in [4.69, 9.17) is 4.74 Å². The van der Waals surface area contributed by atoms with Crippen LogP contribution in [-0.2, 0) is 16.4 Å². The van der Waals surface area contributed by atoms with Gasteiger partial charge in [0.2, 0.25) is 10.0 Å². The van der Waals surface area contributed by atoms with Gasteiger partial charge in [-0.1, -0.05) is 18.2 Å². The topological polar surface area (TPSA) is 55.4 Å². The molecule has 1 N–H and O–H groups in total. The van der Waals surface area contributed by atoms with Crippen molar-refractivity contribution >= 4 is 37.3 Å². The first-order chi connectivity index (χ1) is 9.54. The summed E-state index contributed by atoms with van der Waals surface area (Å²) in [6.45, 7) is 0.350. The summed E-state index contributed by atoms with van der Waals surface area (Å²) in [5.74, 6) is 0.835. The molecule has 2 heterocycles. The molecule has 7 heteroatoms. The summed E-state index contributed by atoms with van der Waals surface area (Å²) in [6, 6.07) is 10.8. The summed E-state index contributed by atoms with van der Waals surface area (Å²) < 4.78 is 33.9. The van der Waals surface area contributed by atoms with Crippen LogP contribution in [-0.4, -0.2) is 21.1 Å². The van der Waals surface area contributed by atoms with Crippen molar-refractivity contribution in [3.05, 3.63) is 45.7 Å². The van der Waals surface area contributed by atoms with Gasteiger partial charge in [0.15, 0.2) is 0 Å². The summed E-state index contributed by atoms with van der Waals surface area (Å²) in [5, 5.41) is 0. The highest BCUT2D eigenvalue weighted by atomic mass is 79.9. The van der Waals surface area contributed by atoms with Gasteiger partial charge in [0.1, 0.15) is 16.6 Å². The maximum Gasteiger partial charge on any atom is 0.250 e. The Morgan fingerprint density at radius 1 is 1.25 bits per heavy atom. The van der Waals surface area contributed by atoms with E-state index in [1.165, 1.54) is 11.3 Å². The zero-order chi connectivity index (χ0) is 14.2. The molecule has 0 amide bonds. The molecule has 0 spiro atoms. The predicted molar refractivity (Wildman–Crippen MR) is 81.8 cm³/mol. The lowest BCUT2D eigenvalue weighted by molar-refractivity contribution is 0.254. The summed E-state index contributed by atoms with van der Waals surface area (Å²) in [6.07, 6.45) is 0.641. The number of thiophene rings is 1. The largest absolute Gasteiger partial charge is 0.492 e. The van der Waals surface area contributed by atoms with Crippen molar-refractivity contribution < 1.29 is 13.2 Å². The van der Waals surface area contributed by atoms with Crippen LogP contribution < -0.4 is 9.46 Å². The number of fused-ring (bicyclic) bond motifs is 1. The van der Waals surface area contributed by atoms with E-state index in [-0.39, 0.29) is 6.04 Å². The number of nitrogens with one attached hydrogen (secondary N) is 1. The Balaban J connectivity index is 1.77. The fourth-order valence-electron chi connectivity index (χ4n) is 2.12. The summed E-state index contributed by atoms with van der Waals surface area (Å²) in [5.41, 5.74) is 1.03. The first kappa shape index (κ1) is 14.1. The van der Waals surface area contributed by atoms with Crippen molar-refractivity contribution in [2.24, 2.45) is 0 Å². The van der Waals surface area contributed by atoms with Gasteiger partial charge in [0.05, 0.1) is 9.83 Å². The van der Waals surface area contributed by atoms with Gasteiger partial charge in [0.25, 0.3) is 0 Å². The van der Waals surface area contributed by atoms with Crippen LogP contribution in [0.25, 0.3) is 0 Å². The van der Waals surface area contributed by atoms with E-state index in [9.17, 15) is 8.42 Å². The fourth-order valence-corrected chi connectivity index (χ4v) is 5.37. The van der Waals surface area contributed by atoms with E-state index in [1.54, 1.807) is 12.1 Å². The van der Waals surface area contributed by atoms with Gasteiger partial charge in [-0.2, -0.15) is 0 Å². The highest BCUT2D eigenvalue weighted by Gasteiger charge is 2.26. The second-order valence-corrected chi connectivity index (χ2v) is 8.90. The van der Waals surface area contributed by atoms with Crippen LogP contribution in [0.5, 0.6) is 5.75 Å². The lowest BCUT2D eigenvalue weighted by Crippen LogP contribution is -2.42. The second-order valence-electron chi connectivity index (χ2n) is 4.50. The van der Waals surface area contributed by atoms with Crippen LogP contribution in [0.4, 0.5) is 0 Å². The van der Waals surface area contributed by atoms with Gasteiger partial charge >= 0.3 is 0 Å². The number of sulfonamides is 1. The van der Waals surface area contributed by atoms with Crippen molar-refractivity contribution in [2.45, 2.75) is 16.7 Å². The molecule has 0 fully saturated rings. The molecule has 0 bridgehead atoms. The van der Waals surface area contributed by atoms with E-state index in [0.29, 0.717) is 17.2 Å². The lowest BCUT2D eigenvalue weighted by Gasteiger charge is -2.25. The Kier molecular flexibility index (Phi) is 3.85. The van der Waals surface area contributed by atoms with E-state index < -0.39 is 10.0 Å². The van der Waals surface area contributed by atoms with Gasteiger partial charge in [-0.25, -0.2) is 13.1 Å². The number of ether oxygens (including phenoxy) is 1. The molecule has 0 saturated heterocycles. The van der Waals surface area contributed by atoms with Gasteiger partial charge in [0, 0.05) is 0 Å². The highest BCUT2D eigenvalue weighted by Crippen LogP contribution is 2.28. The molecule has 1 atom stereocenters. The van der Waals surface area contributed by atoms with Gasteiger partial charge in [-0.3, -0.25) is 0 Å². The van der Waals surface area contributed by atoms with Crippen LogP contribution in [0, 0.1) is 0 Å². The molecule has 106 valence electrons. The molecule has 1 aliphatic rings. The van der Waals surface area contributed by atoms with Gasteiger partial charge < -0.3 is 4.74 Å². The Hall–Kier alpha value is -0.890. The van der Waals surface area contributed by atoms with Crippen molar-refractivity contribution in [2.75, 3.05) is 6.61 Å². The maximum absolute atomic E-state index is 12.2. The minimum atomic E-state index is -3.48. The first-order valence-corrected chi connectivity index (χ1v) is 9.12. The number of hydrogen-bond acceptors (Lipinski definition) is 4. The zero-order valence-corrected chi connectivity index (χ0v) is 13.6. The zero-order valence-electron chi connectivity index (χ0n) is 10.4. The third-order valence-corrected chi connectivity index (χ3v) is 6.65. The summed E-state index contributed by atoms with van der Waals surface area (Å²) in [7, 11) is -3.48. The molecule has 1 aromatic carbocycles. The minimum Gasteiger partial charge on any atom is -0.492 e. The summed E-state index contributed by atoms with van der Waals surface area (Å²) in [4.78, 5) is 0. The average Bonchev–Trinajstić information content (AvgIpc) is 2.86. The Morgan fingerprint density at radius 2 is 2.05 bits per heavy atom. The van der Waals surface area contributed by atoms with Crippen molar-refractivity contribution in [1.29, 1.82) is 0 Å². The van der Waals surface area contributed by atoms with Gasteiger partial charge in [-0.15, -0.1) is 11.3 Å².